The Morgan fingerprint density at radius 2 is 0.823 bits per heavy atom. The van der Waals surface area contributed by atoms with Crippen LogP contribution in [0.15, 0.2) is 223 Å². The molecule has 3 aromatic heterocycles. The first-order valence-corrected chi connectivity index (χ1v) is 20.8. The standard InChI is InChI=1S/C57H36N4O/c1-4-15-37(16-5-1)39-19-14-20-42(33-39)56-58-55(38-17-6-2-7-18-38)59-57(60-56)43-27-30-48-50-35-41(29-32-53(50)62-54(48)36-43)46-24-11-10-23-45(46)40-28-31-52-49(34-40)47-25-12-13-26-51(47)61(52)44-21-8-3-9-22-44/h1-36H. The van der Waals surface area contributed by atoms with Crippen molar-refractivity contribution >= 4 is 43.7 Å². The molecule has 5 heteroatoms. The van der Waals surface area contributed by atoms with Crippen LogP contribution < -0.4 is 0 Å². The SMILES string of the molecule is c1ccc(-c2cccc(-c3nc(-c4ccccc4)nc(-c4ccc5c(c4)oc4ccc(-c6ccccc6-c6ccc7c(c6)c6ccccc6n7-c6ccccc6)cc45)n3)c2)cc1. The number of hydrogen-bond acceptors (Lipinski definition) is 4. The molecule has 5 nitrogen and oxygen atoms in total. The minimum atomic E-state index is 0.583. The third-order valence-corrected chi connectivity index (χ3v) is 11.9. The second kappa shape index (κ2) is 14.7. The van der Waals surface area contributed by atoms with Crippen LogP contribution in [0.3, 0.4) is 0 Å². The fourth-order valence-corrected chi connectivity index (χ4v) is 8.89. The third-order valence-electron chi connectivity index (χ3n) is 11.9. The number of benzene rings is 9. The average Bonchev–Trinajstić information content (AvgIpc) is 3.89. The third kappa shape index (κ3) is 6.14. The van der Waals surface area contributed by atoms with Gasteiger partial charge in [0, 0.05) is 43.9 Å². The van der Waals surface area contributed by atoms with Crippen LogP contribution in [0.1, 0.15) is 0 Å². The second-order valence-corrected chi connectivity index (χ2v) is 15.6. The quantitative estimate of drug-likeness (QED) is 0.161. The van der Waals surface area contributed by atoms with Crippen LogP contribution in [0.5, 0.6) is 0 Å². The molecule has 0 saturated carbocycles. The Morgan fingerprint density at radius 3 is 1.56 bits per heavy atom. The molecule has 0 unspecified atom stereocenters. The van der Waals surface area contributed by atoms with E-state index in [0.29, 0.717) is 17.5 Å². The van der Waals surface area contributed by atoms with E-state index >= 15 is 0 Å². The fraction of sp³-hybridized carbons (Fsp3) is 0. The van der Waals surface area contributed by atoms with Gasteiger partial charge in [0.1, 0.15) is 11.2 Å². The molecule has 9 aromatic carbocycles. The van der Waals surface area contributed by atoms with Crippen molar-refractivity contribution in [2.75, 3.05) is 0 Å². The summed E-state index contributed by atoms with van der Waals surface area (Å²) < 4.78 is 8.93. The van der Waals surface area contributed by atoms with Crippen molar-refractivity contribution in [2.24, 2.45) is 0 Å². The summed E-state index contributed by atoms with van der Waals surface area (Å²) in [6.07, 6.45) is 0. The Bertz CT molecular complexity index is 3630. The van der Waals surface area contributed by atoms with Crippen LogP contribution in [-0.4, -0.2) is 19.5 Å². The average molecular weight is 793 g/mol. The molecule has 0 spiro atoms. The lowest BCUT2D eigenvalue weighted by atomic mass is 9.93. The number of rotatable bonds is 7. The summed E-state index contributed by atoms with van der Waals surface area (Å²) in [5.74, 6) is 1.81. The van der Waals surface area contributed by atoms with Crippen molar-refractivity contribution in [3.8, 4) is 73.2 Å². The Hall–Kier alpha value is -8.41. The monoisotopic (exact) mass is 792 g/mol. The van der Waals surface area contributed by atoms with E-state index in [2.05, 4.69) is 187 Å². The van der Waals surface area contributed by atoms with Gasteiger partial charge in [-0.05, 0) is 94.0 Å². The zero-order valence-corrected chi connectivity index (χ0v) is 33.5. The summed E-state index contributed by atoms with van der Waals surface area (Å²) in [4.78, 5) is 15.1. The normalized spacial score (nSPS) is 11.5. The largest absolute Gasteiger partial charge is 0.456 e. The van der Waals surface area contributed by atoms with Gasteiger partial charge in [-0.25, -0.2) is 15.0 Å². The molecule has 12 aromatic rings. The molecule has 0 N–H and O–H groups in total. The molecule has 290 valence electrons. The summed E-state index contributed by atoms with van der Waals surface area (Å²) in [5, 5.41) is 4.55. The first-order valence-electron chi connectivity index (χ1n) is 20.8. The lowest BCUT2D eigenvalue weighted by Crippen LogP contribution is -2.00. The number of furan rings is 1. The van der Waals surface area contributed by atoms with Crippen LogP contribution in [0.4, 0.5) is 0 Å². The Kier molecular flexibility index (Phi) is 8.42. The zero-order chi connectivity index (χ0) is 41.0. The highest BCUT2D eigenvalue weighted by Crippen LogP contribution is 2.40. The van der Waals surface area contributed by atoms with Crippen molar-refractivity contribution < 1.29 is 4.42 Å². The lowest BCUT2D eigenvalue weighted by molar-refractivity contribution is 0.669. The van der Waals surface area contributed by atoms with Crippen molar-refractivity contribution in [3.63, 3.8) is 0 Å². The first-order chi connectivity index (χ1) is 30.7. The van der Waals surface area contributed by atoms with Gasteiger partial charge in [-0.1, -0.05) is 158 Å². The molecule has 0 atom stereocenters. The minimum Gasteiger partial charge on any atom is -0.456 e. The van der Waals surface area contributed by atoms with E-state index in [4.69, 9.17) is 19.4 Å². The van der Waals surface area contributed by atoms with Crippen LogP contribution in [-0.2, 0) is 0 Å². The summed E-state index contributed by atoms with van der Waals surface area (Å²) in [7, 11) is 0. The molecule has 0 saturated heterocycles. The fourth-order valence-electron chi connectivity index (χ4n) is 8.89. The molecule has 0 bridgehead atoms. The number of nitrogens with zero attached hydrogens (tertiary/aromatic N) is 4. The van der Waals surface area contributed by atoms with Crippen molar-refractivity contribution in [1.29, 1.82) is 0 Å². The Morgan fingerprint density at radius 1 is 0.290 bits per heavy atom. The van der Waals surface area contributed by atoms with Gasteiger partial charge in [0.15, 0.2) is 17.5 Å². The molecule has 0 radical (unpaired) electrons. The maximum Gasteiger partial charge on any atom is 0.164 e. The Balaban J connectivity index is 0.940. The van der Waals surface area contributed by atoms with Crippen LogP contribution in [0.25, 0.3) is 117 Å². The predicted molar refractivity (Wildman–Crippen MR) is 254 cm³/mol. The number of fused-ring (bicyclic) bond motifs is 6. The number of aromatic nitrogens is 4. The van der Waals surface area contributed by atoms with Gasteiger partial charge in [0.2, 0.25) is 0 Å². The highest BCUT2D eigenvalue weighted by Gasteiger charge is 2.18. The van der Waals surface area contributed by atoms with E-state index in [1.165, 1.54) is 32.9 Å². The molecule has 62 heavy (non-hydrogen) atoms. The maximum absolute atomic E-state index is 6.57. The van der Waals surface area contributed by atoms with E-state index in [9.17, 15) is 0 Å². The van der Waals surface area contributed by atoms with E-state index in [-0.39, 0.29) is 0 Å². The summed E-state index contributed by atoms with van der Waals surface area (Å²) in [5.41, 5.74) is 14.7. The van der Waals surface area contributed by atoms with Crippen molar-refractivity contribution in [1.82, 2.24) is 19.5 Å². The van der Waals surface area contributed by atoms with Gasteiger partial charge in [-0.15, -0.1) is 0 Å². The van der Waals surface area contributed by atoms with Crippen molar-refractivity contribution in [2.45, 2.75) is 0 Å². The van der Waals surface area contributed by atoms with Crippen LogP contribution >= 0.6 is 0 Å². The molecule has 0 aliphatic heterocycles. The molecular formula is C57H36N4O. The zero-order valence-electron chi connectivity index (χ0n) is 33.5. The van der Waals surface area contributed by atoms with E-state index in [1.807, 2.05) is 36.4 Å². The predicted octanol–water partition coefficient (Wildman–Crippen LogP) is 14.9. The minimum absolute atomic E-state index is 0.583. The molecule has 12 rings (SSSR count). The van der Waals surface area contributed by atoms with Gasteiger partial charge in [-0.3, -0.25) is 0 Å². The summed E-state index contributed by atoms with van der Waals surface area (Å²) in [6, 6.07) is 76.4. The molecule has 0 fully saturated rings. The Labute approximate surface area is 357 Å². The molecule has 0 aliphatic rings. The van der Waals surface area contributed by atoms with E-state index in [1.54, 1.807) is 0 Å². The molecule has 3 heterocycles. The molecule has 0 aliphatic carbocycles. The van der Waals surface area contributed by atoms with E-state index < -0.39 is 0 Å². The maximum atomic E-state index is 6.57. The lowest BCUT2D eigenvalue weighted by Gasteiger charge is -2.12. The summed E-state index contributed by atoms with van der Waals surface area (Å²) in [6.45, 7) is 0. The van der Waals surface area contributed by atoms with Gasteiger partial charge in [0.25, 0.3) is 0 Å². The van der Waals surface area contributed by atoms with Crippen LogP contribution in [0, 0.1) is 0 Å². The highest BCUT2D eigenvalue weighted by atomic mass is 16.3. The highest BCUT2D eigenvalue weighted by molar-refractivity contribution is 6.11. The smallest absolute Gasteiger partial charge is 0.164 e. The van der Waals surface area contributed by atoms with Gasteiger partial charge >= 0.3 is 0 Å². The second-order valence-electron chi connectivity index (χ2n) is 15.6. The first kappa shape index (κ1) is 35.5. The number of hydrogen-bond donors (Lipinski definition) is 0. The van der Waals surface area contributed by atoms with Gasteiger partial charge in [0.05, 0.1) is 11.0 Å². The van der Waals surface area contributed by atoms with E-state index in [0.717, 1.165) is 66.6 Å². The van der Waals surface area contributed by atoms with Crippen LogP contribution in [0.2, 0.25) is 0 Å². The van der Waals surface area contributed by atoms with Gasteiger partial charge in [-0.2, -0.15) is 0 Å². The molecular weight excluding hydrogens is 757 g/mol. The van der Waals surface area contributed by atoms with Crippen molar-refractivity contribution in [3.05, 3.63) is 218 Å². The summed E-state index contributed by atoms with van der Waals surface area (Å²) >= 11 is 0. The molecule has 0 amide bonds. The van der Waals surface area contributed by atoms with Gasteiger partial charge < -0.3 is 8.98 Å². The number of para-hydroxylation sites is 2. The topological polar surface area (TPSA) is 56.7 Å².